The number of aromatic nitrogens is 3. The van der Waals surface area contributed by atoms with Crippen LogP contribution in [0.5, 0.6) is 17.2 Å². The minimum absolute atomic E-state index is 0.165. The van der Waals surface area contributed by atoms with Gasteiger partial charge < -0.3 is 29.4 Å². The normalized spacial score (nSPS) is 10.7. The van der Waals surface area contributed by atoms with Gasteiger partial charge in [-0.3, -0.25) is 9.59 Å². The molecule has 0 aliphatic carbocycles. The number of thioether (sulfide) groups is 1. The lowest BCUT2D eigenvalue weighted by atomic mass is 10.2. The largest absolute Gasteiger partial charge is 0.497 e. The maximum absolute atomic E-state index is 12.2. The standard InChI is InChI=1S/C24H27N5O5S/c1-29-21(14-25-22(30)12-6-16-5-11-19(33-3)20(13-16)34-4)27-28-24(29)35-15-23(31)26-17-7-9-18(32-2)10-8-17/h5-13H,14-15H2,1-4H3,(H,25,30)(H,26,31). The molecule has 0 radical (unpaired) electrons. The van der Waals surface area contributed by atoms with Crippen LogP contribution in [0.3, 0.4) is 0 Å². The first kappa shape index (κ1) is 25.6. The number of anilines is 1. The van der Waals surface area contributed by atoms with E-state index in [1.54, 1.807) is 75.4 Å². The van der Waals surface area contributed by atoms with Crippen molar-refractivity contribution in [2.45, 2.75) is 11.7 Å². The Morgan fingerprint density at radius 1 is 1.00 bits per heavy atom. The van der Waals surface area contributed by atoms with Crippen molar-refractivity contribution < 1.29 is 23.8 Å². The number of rotatable bonds is 11. The smallest absolute Gasteiger partial charge is 0.244 e. The van der Waals surface area contributed by atoms with Crippen LogP contribution in [0.4, 0.5) is 5.69 Å². The first-order valence-electron chi connectivity index (χ1n) is 10.6. The Bertz CT molecular complexity index is 1190. The predicted molar refractivity (Wildman–Crippen MR) is 134 cm³/mol. The lowest BCUT2D eigenvalue weighted by Gasteiger charge is -2.07. The number of amides is 2. The molecule has 1 aromatic heterocycles. The van der Waals surface area contributed by atoms with Crippen LogP contribution < -0.4 is 24.8 Å². The van der Waals surface area contributed by atoms with Crippen molar-refractivity contribution in [1.82, 2.24) is 20.1 Å². The van der Waals surface area contributed by atoms with Gasteiger partial charge in [-0.1, -0.05) is 17.8 Å². The molecule has 0 aliphatic rings. The zero-order valence-electron chi connectivity index (χ0n) is 19.9. The maximum Gasteiger partial charge on any atom is 0.244 e. The third-order valence-electron chi connectivity index (χ3n) is 4.89. The van der Waals surface area contributed by atoms with E-state index in [1.807, 2.05) is 6.07 Å². The zero-order valence-corrected chi connectivity index (χ0v) is 20.7. The number of nitrogens with one attached hydrogen (secondary N) is 2. The molecule has 2 amide bonds. The lowest BCUT2D eigenvalue weighted by molar-refractivity contribution is -0.116. The summed E-state index contributed by atoms with van der Waals surface area (Å²) in [7, 11) is 6.49. The van der Waals surface area contributed by atoms with Crippen molar-refractivity contribution in [1.29, 1.82) is 0 Å². The fourth-order valence-electron chi connectivity index (χ4n) is 2.98. The number of carbonyl (C=O) groups excluding carboxylic acids is 2. The van der Waals surface area contributed by atoms with Crippen molar-refractivity contribution in [3.63, 3.8) is 0 Å². The Kier molecular flexibility index (Phi) is 9.13. The van der Waals surface area contributed by atoms with Gasteiger partial charge in [0.05, 0.1) is 33.6 Å². The molecule has 0 saturated carbocycles. The van der Waals surface area contributed by atoms with Gasteiger partial charge in [0.2, 0.25) is 11.8 Å². The van der Waals surface area contributed by atoms with Crippen LogP contribution in [0.1, 0.15) is 11.4 Å². The molecular weight excluding hydrogens is 470 g/mol. The Labute approximate surface area is 207 Å². The van der Waals surface area contributed by atoms with Gasteiger partial charge in [0.25, 0.3) is 0 Å². The summed E-state index contributed by atoms with van der Waals surface area (Å²) in [5.41, 5.74) is 1.47. The molecule has 184 valence electrons. The molecule has 1 heterocycles. The molecule has 3 aromatic rings. The van der Waals surface area contributed by atoms with Gasteiger partial charge in [0.15, 0.2) is 22.5 Å². The van der Waals surface area contributed by atoms with Crippen LogP contribution in [0, 0.1) is 0 Å². The van der Waals surface area contributed by atoms with Gasteiger partial charge in [-0.2, -0.15) is 0 Å². The minimum Gasteiger partial charge on any atom is -0.497 e. The summed E-state index contributed by atoms with van der Waals surface area (Å²) in [5.74, 6) is 2.19. The number of hydrogen-bond acceptors (Lipinski definition) is 8. The molecule has 0 atom stereocenters. The molecule has 0 saturated heterocycles. The molecule has 11 heteroatoms. The van der Waals surface area contributed by atoms with Gasteiger partial charge in [0, 0.05) is 18.8 Å². The molecule has 3 rings (SSSR count). The van der Waals surface area contributed by atoms with E-state index in [9.17, 15) is 9.59 Å². The Balaban J connectivity index is 1.48. The van der Waals surface area contributed by atoms with Gasteiger partial charge in [-0.25, -0.2) is 0 Å². The molecule has 0 unspecified atom stereocenters. The summed E-state index contributed by atoms with van der Waals surface area (Å²) in [4.78, 5) is 24.5. The molecule has 2 N–H and O–H groups in total. The molecule has 0 aliphatic heterocycles. The van der Waals surface area contributed by atoms with Crippen molar-refractivity contribution in [2.24, 2.45) is 7.05 Å². The van der Waals surface area contributed by atoms with Gasteiger partial charge in [0.1, 0.15) is 5.75 Å². The third kappa shape index (κ3) is 7.24. The van der Waals surface area contributed by atoms with Crippen LogP contribution in [0.25, 0.3) is 6.08 Å². The molecule has 35 heavy (non-hydrogen) atoms. The van der Waals surface area contributed by atoms with Crippen molar-refractivity contribution >= 4 is 35.3 Å². The zero-order chi connectivity index (χ0) is 25.2. The van der Waals surface area contributed by atoms with Crippen molar-refractivity contribution in [3.05, 3.63) is 59.9 Å². The van der Waals surface area contributed by atoms with E-state index in [0.717, 1.165) is 5.56 Å². The number of nitrogens with zero attached hydrogens (tertiary/aromatic N) is 3. The van der Waals surface area contributed by atoms with Crippen LogP contribution in [-0.4, -0.2) is 53.7 Å². The quantitative estimate of drug-likeness (QED) is 0.307. The summed E-state index contributed by atoms with van der Waals surface area (Å²) < 4.78 is 17.3. The summed E-state index contributed by atoms with van der Waals surface area (Å²) in [6.45, 7) is 0.192. The number of carbonyl (C=O) groups is 2. The van der Waals surface area contributed by atoms with E-state index in [4.69, 9.17) is 14.2 Å². The summed E-state index contributed by atoms with van der Waals surface area (Å²) in [5, 5.41) is 14.4. The first-order chi connectivity index (χ1) is 16.9. The van der Waals surface area contributed by atoms with E-state index in [-0.39, 0.29) is 24.1 Å². The number of hydrogen-bond donors (Lipinski definition) is 2. The number of methoxy groups -OCH3 is 3. The predicted octanol–water partition coefficient (Wildman–Crippen LogP) is 2.90. The Hall–Kier alpha value is -3.99. The van der Waals surface area contributed by atoms with Gasteiger partial charge >= 0.3 is 0 Å². The molecule has 10 nitrogen and oxygen atoms in total. The summed E-state index contributed by atoms with van der Waals surface area (Å²) in [6.07, 6.45) is 3.10. The topological polar surface area (TPSA) is 117 Å². The maximum atomic E-state index is 12.2. The molecular formula is C24H27N5O5S. The monoisotopic (exact) mass is 497 g/mol. The first-order valence-corrected chi connectivity index (χ1v) is 11.5. The minimum atomic E-state index is -0.282. The Morgan fingerprint density at radius 2 is 1.74 bits per heavy atom. The van der Waals surface area contributed by atoms with E-state index in [2.05, 4.69) is 20.8 Å². The fourth-order valence-corrected chi connectivity index (χ4v) is 3.71. The van der Waals surface area contributed by atoms with E-state index in [0.29, 0.717) is 33.9 Å². The van der Waals surface area contributed by atoms with Crippen LogP contribution >= 0.6 is 11.8 Å². The van der Waals surface area contributed by atoms with E-state index < -0.39 is 0 Å². The average Bonchev–Trinajstić information content (AvgIpc) is 3.24. The third-order valence-corrected chi connectivity index (χ3v) is 5.91. The van der Waals surface area contributed by atoms with Crippen molar-refractivity contribution in [2.75, 3.05) is 32.4 Å². The number of ether oxygens (including phenoxy) is 3. The highest BCUT2D eigenvalue weighted by molar-refractivity contribution is 7.99. The molecule has 0 spiro atoms. The second-order valence-electron chi connectivity index (χ2n) is 7.19. The van der Waals surface area contributed by atoms with E-state index >= 15 is 0 Å². The Morgan fingerprint density at radius 3 is 2.43 bits per heavy atom. The van der Waals surface area contributed by atoms with Crippen LogP contribution in [0.2, 0.25) is 0 Å². The molecule has 0 bridgehead atoms. The molecule has 2 aromatic carbocycles. The summed E-state index contributed by atoms with van der Waals surface area (Å²) in [6, 6.07) is 12.5. The van der Waals surface area contributed by atoms with Crippen LogP contribution in [-0.2, 0) is 23.2 Å². The fraction of sp³-hybridized carbons (Fsp3) is 0.250. The highest BCUT2D eigenvalue weighted by atomic mass is 32.2. The second-order valence-corrected chi connectivity index (χ2v) is 8.13. The van der Waals surface area contributed by atoms with Gasteiger partial charge in [-0.15, -0.1) is 10.2 Å². The highest BCUT2D eigenvalue weighted by Crippen LogP contribution is 2.28. The van der Waals surface area contributed by atoms with Crippen molar-refractivity contribution in [3.8, 4) is 17.2 Å². The van der Waals surface area contributed by atoms with Gasteiger partial charge in [-0.05, 0) is 48.0 Å². The SMILES string of the molecule is COc1ccc(NC(=O)CSc2nnc(CNC(=O)C=Cc3ccc(OC)c(OC)c3)n2C)cc1. The number of benzene rings is 2. The highest BCUT2D eigenvalue weighted by Gasteiger charge is 2.12. The summed E-state index contributed by atoms with van der Waals surface area (Å²) >= 11 is 1.25. The molecule has 0 fully saturated rings. The lowest BCUT2D eigenvalue weighted by Crippen LogP contribution is -2.22. The van der Waals surface area contributed by atoms with Crippen LogP contribution in [0.15, 0.2) is 53.7 Å². The average molecular weight is 498 g/mol. The van der Waals surface area contributed by atoms with E-state index in [1.165, 1.54) is 17.8 Å². The second kappa shape index (κ2) is 12.5.